The highest BCUT2D eigenvalue weighted by Gasteiger charge is 2.20. The summed E-state index contributed by atoms with van der Waals surface area (Å²) in [5.74, 6) is -0.284. The van der Waals surface area contributed by atoms with E-state index in [-0.39, 0.29) is 22.2 Å². The first kappa shape index (κ1) is 16.2. The molecule has 0 radical (unpaired) electrons. The number of halogens is 1. The molecule has 0 fully saturated rings. The molecule has 0 unspecified atom stereocenters. The lowest BCUT2D eigenvalue weighted by molar-refractivity contribution is -0.384. The average molecular weight is 337 g/mol. The van der Waals surface area contributed by atoms with E-state index in [0.717, 1.165) is 4.88 Å². The molecule has 0 aliphatic heterocycles. The van der Waals surface area contributed by atoms with E-state index in [1.54, 1.807) is 22.3 Å². The number of rotatable bonds is 6. The molecular formula is C15H13ClN2O3S. The Kier molecular flexibility index (Phi) is 5.30. The Morgan fingerprint density at radius 2 is 2.23 bits per heavy atom. The molecule has 0 spiro atoms. The van der Waals surface area contributed by atoms with Gasteiger partial charge in [0.15, 0.2) is 0 Å². The van der Waals surface area contributed by atoms with Crippen LogP contribution in [0.2, 0.25) is 5.02 Å². The second kappa shape index (κ2) is 7.20. The predicted octanol–water partition coefficient (Wildman–Crippen LogP) is 4.14. The summed E-state index contributed by atoms with van der Waals surface area (Å²) in [7, 11) is 0. The summed E-state index contributed by atoms with van der Waals surface area (Å²) < 4.78 is 0. The first-order chi connectivity index (χ1) is 10.5. The highest BCUT2D eigenvalue weighted by atomic mass is 35.5. The third-order valence-corrected chi connectivity index (χ3v) is 4.13. The van der Waals surface area contributed by atoms with E-state index in [9.17, 15) is 14.9 Å². The molecule has 1 amide bonds. The number of hydrogen-bond acceptors (Lipinski definition) is 4. The summed E-state index contributed by atoms with van der Waals surface area (Å²) in [6.07, 6.45) is 1.63. The summed E-state index contributed by atoms with van der Waals surface area (Å²) in [5.41, 5.74) is 0.0979. The van der Waals surface area contributed by atoms with Crippen LogP contribution in [0.1, 0.15) is 15.2 Å². The van der Waals surface area contributed by atoms with Crippen molar-refractivity contribution in [2.75, 3.05) is 6.54 Å². The highest BCUT2D eigenvalue weighted by molar-refractivity contribution is 7.09. The van der Waals surface area contributed by atoms with Crippen LogP contribution in [0.3, 0.4) is 0 Å². The van der Waals surface area contributed by atoms with Crippen LogP contribution in [0.15, 0.2) is 48.4 Å². The van der Waals surface area contributed by atoms with E-state index in [4.69, 9.17) is 11.6 Å². The van der Waals surface area contributed by atoms with E-state index >= 15 is 0 Å². The van der Waals surface area contributed by atoms with E-state index in [1.165, 1.54) is 18.2 Å². The zero-order valence-corrected chi connectivity index (χ0v) is 13.1. The Morgan fingerprint density at radius 1 is 1.45 bits per heavy atom. The van der Waals surface area contributed by atoms with Crippen molar-refractivity contribution in [1.29, 1.82) is 0 Å². The van der Waals surface area contributed by atoms with Crippen LogP contribution in [0.4, 0.5) is 5.69 Å². The maximum Gasteiger partial charge on any atom is 0.270 e. The monoisotopic (exact) mass is 336 g/mol. The number of carbonyl (C=O) groups is 1. The van der Waals surface area contributed by atoms with E-state index in [1.807, 2.05) is 17.5 Å². The average Bonchev–Trinajstić information content (AvgIpc) is 2.99. The largest absolute Gasteiger partial charge is 0.330 e. The molecule has 0 bridgehead atoms. The molecule has 2 rings (SSSR count). The summed E-state index contributed by atoms with van der Waals surface area (Å²) in [6.45, 7) is 4.46. The number of benzene rings is 1. The fourth-order valence-corrected chi connectivity index (χ4v) is 2.90. The van der Waals surface area contributed by atoms with Crippen LogP contribution in [-0.4, -0.2) is 22.3 Å². The minimum Gasteiger partial charge on any atom is -0.330 e. The van der Waals surface area contributed by atoms with Gasteiger partial charge >= 0.3 is 0 Å². The van der Waals surface area contributed by atoms with Crippen LogP contribution in [0.5, 0.6) is 0 Å². The smallest absolute Gasteiger partial charge is 0.270 e. The number of carbonyl (C=O) groups excluding carboxylic acids is 1. The van der Waals surface area contributed by atoms with Gasteiger partial charge in [0.05, 0.1) is 22.1 Å². The van der Waals surface area contributed by atoms with Crippen molar-refractivity contribution in [1.82, 2.24) is 4.90 Å². The molecular weight excluding hydrogens is 324 g/mol. The molecule has 0 saturated heterocycles. The third kappa shape index (κ3) is 3.72. The summed E-state index contributed by atoms with van der Waals surface area (Å²) in [4.78, 5) is 25.4. The number of nitro benzene ring substituents is 1. The van der Waals surface area contributed by atoms with E-state index in [2.05, 4.69) is 6.58 Å². The number of thiophene rings is 1. The van der Waals surface area contributed by atoms with Crippen molar-refractivity contribution in [3.05, 3.63) is 73.9 Å². The zero-order chi connectivity index (χ0) is 16.1. The second-order valence-electron chi connectivity index (χ2n) is 4.47. The van der Waals surface area contributed by atoms with Crippen molar-refractivity contribution in [2.24, 2.45) is 0 Å². The molecule has 1 heterocycles. The molecule has 1 aromatic carbocycles. The standard InChI is InChI=1S/C15H13ClN2O3S/c1-2-7-17(10-12-4-3-8-22-12)15(19)13-6-5-11(18(20)21)9-14(13)16/h2-6,8-9H,1,7,10H2. The Balaban J connectivity index is 2.26. The molecule has 0 aliphatic carbocycles. The van der Waals surface area contributed by atoms with Gasteiger partial charge in [-0.05, 0) is 17.5 Å². The number of nitro groups is 1. The lowest BCUT2D eigenvalue weighted by atomic mass is 10.1. The third-order valence-electron chi connectivity index (χ3n) is 2.96. The Morgan fingerprint density at radius 3 is 2.77 bits per heavy atom. The number of nitrogens with zero attached hydrogens (tertiary/aromatic N) is 2. The Hall–Kier alpha value is -2.18. The molecule has 7 heteroatoms. The van der Waals surface area contributed by atoms with Crippen molar-refractivity contribution in [3.63, 3.8) is 0 Å². The minimum atomic E-state index is -0.548. The fraction of sp³-hybridized carbons (Fsp3) is 0.133. The normalized spacial score (nSPS) is 10.2. The molecule has 1 aromatic heterocycles. The Bertz CT molecular complexity index is 701. The summed E-state index contributed by atoms with van der Waals surface area (Å²) in [6, 6.07) is 7.69. The van der Waals surface area contributed by atoms with Crippen LogP contribution in [0.25, 0.3) is 0 Å². The maximum atomic E-state index is 12.6. The number of hydrogen-bond donors (Lipinski definition) is 0. The quantitative estimate of drug-likeness (QED) is 0.452. The summed E-state index contributed by atoms with van der Waals surface area (Å²) >= 11 is 7.57. The second-order valence-corrected chi connectivity index (χ2v) is 5.91. The molecule has 0 saturated carbocycles. The molecule has 5 nitrogen and oxygen atoms in total. The van der Waals surface area contributed by atoms with Gasteiger partial charge in [0, 0.05) is 23.6 Å². The van der Waals surface area contributed by atoms with Gasteiger partial charge in [-0.2, -0.15) is 0 Å². The highest BCUT2D eigenvalue weighted by Crippen LogP contribution is 2.24. The number of amides is 1. The molecule has 0 atom stereocenters. The SMILES string of the molecule is C=CCN(Cc1cccs1)C(=O)c1ccc([N+](=O)[O-])cc1Cl. The summed E-state index contributed by atoms with van der Waals surface area (Å²) in [5, 5.41) is 12.7. The van der Waals surface area contributed by atoms with Gasteiger partial charge < -0.3 is 4.90 Å². The van der Waals surface area contributed by atoms with Crippen molar-refractivity contribution in [3.8, 4) is 0 Å². The van der Waals surface area contributed by atoms with Gasteiger partial charge in [0.25, 0.3) is 11.6 Å². The van der Waals surface area contributed by atoms with E-state index < -0.39 is 4.92 Å². The van der Waals surface area contributed by atoms with Crippen LogP contribution in [-0.2, 0) is 6.54 Å². The first-order valence-corrected chi connectivity index (χ1v) is 7.65. The van der Waals surface area contributed by atoms with Gasteiger partial charge in [-0.1, -0.05) is 23.7 Å². The van der Waals surface area contributed by atoms with Gasteiger partial charge in [-0.15, -0.1) is 17.9 Å². The number of non-ortho nitro benzene ring substituents is 1. The fourth-order valence-electron chi connectivity index (χ4n) is 1.93. The topological polar surface area (TPSA) is 63.5 Å². The maximum absolute atomic E-state index is 12.6. The lowest BCUT2D eigenvalue weighted by Gasteiger charge is -2.21. The predicted molar refractivity (Wildman–Crippen MR) is 87.4 cm³/mol. The Labute approximate surface area is 136 Å². The first-order valence-electron chi connectivity index (χ1n) is 6.39. The van der Waals surface area contributed by atoms with E-state index in [0.29, 0.717) is 13.1 Å². The van der Waals surface area contributed by atoms with Crippen LogP contribution < -0.4 is 0 Å². The zero-order valence-electron chi connectivity index (χ0n) is 11.6. The molecule has 0 aliphatic rings. The van der Waals surface area contributed by atoms with Gasteiger partial charge in [0.2, 0.25) is 0 Å². The van der Waals surface area contributed by atoms with Gasteiger partial charge in [-0.3, -0.25) is 14.9 Å². The van der Waals surface area contributed by atoms with Gasteiger partial charge in [0.1, 0.15) is 0 Å². The molecule has 114 valence electrons. The van der Waals surface area contributed by atoms with Crippen molar-refractivity contribution < 1.29 is 9.72 Å². The van der Waals surface area contributed by atoms with Crippen molar-refractivity contribution in [2.45, 2.75) is 6.54 Å². The molecule has 2 aromatic rings. The van der Waals surface area contributed by atoms with Crippen molar-refractivity contribution >= 4 is 34.5 Å². The van der Waals surface area contributed by atoms with Crippen LogP contribution >= 0.6 is 22.9 Å². The molecule has 22 heavy (non-hydrogen) atoms. The lowest BCUT2D eigenvalue weighted by Crippen LogP contribution is -2.30. The molecule has 0 N–H and O–H groups in total. The van der Waals surface area contributed by atoms with Crippen LogP contribution in [0, 0.1) is 10.1 Å². The van der Waals surface area contributed by atoms with Gasteiger partial charge in [-0.25, -0.2) is 0 Å². The minimum absolute atomic E-state index is 0.0689.